The molecule has 0 saturated heterocycles. The van der Waals surface area contributed by atoms with E-state index >= 15 is 0 Å². The van der Waals surface area contributed by atoms with Crippen molar-refractivity contribution in [1.29, 1.82) is 0 Å². The quantitative estimate of drug-likeness (QED) is 0.244. The van der Waals surface area contributed by atoms with Crippen LogP contribution in [-0.2, 0) is 4.57 Å². The molecule has 0 bridgehead atoms. The van der Waals surface area contributed by atoms with Crippen molar-refractivity contribution >= 4 is 54.6 Å². The first-order valence-corrected chi connectivity index (χ1v) is 4.86. The van der Waals surface area contributed by atoms with Gasteiger partial charge in [0.2, 0.25) is 0 Å². The van der Waals surface area contributed by atoms with Gasteiger partial charge in [0.1, 0.15) is 0 Å². The fraction of sp³-hybridized carbons (Fsp3) is 0. The molecule has 0 unspecified atom stereocenters. The van der Waals surface area contributed by atoms with Crippen LogP contribution in [0.2, 0.25) is 0 Å². The minimum Gasteiger partial charge on any atom is -0.861 e. The van der Waals surface area contributed by atoms with Crippen molar-refractivity contribution in [1.82, 2.24) is 0 Å². The van der Waals surface area contributed by atoms with Crippen LogP contribution in [0.3, 0.4) is 0 Å². The third-order valence-corrected chi connectivity index (χ3v) is 0. The van der Waals surface area contributed by atoms with E-state index in [1.807, 2.05) is 0 Å². The Labute approximate surface area is 121 Å². The van der Waals surface area contributed by atoms with Crippen molar-refractivity contribution in [2.45, 2.75) is 0 Å². The normalized spacial score (nSPS) is 9.92. The minimum atomic E-state index is -5.36. The Morgan fingerprint density at radius 1 is 1.08 bits per heavy atom. The summed E-state index contributed by atoms with van der Waals surface area (Å²) < 4.78 is 8.88. The van der Waals surface area contributed by atoms with Gasteiger partial charge in [0.05, 0.1) is 0 Å². The van der Waals surface area contributed by atoms with Crippen molar-refractivity contribution in [2.24, 2.45) is 0 Å². The zero-order valence-electron chi connectivity index (χ0n) is 6.08. The fourth-order valence-electron chi connectivity index (χ4n) is 0. The summed E-state index contributed by atoms with van der Waals surface area (Å²) in [5.74, 6) is 0. The third-order valence-electron chi connectivity index (χ3n) is 0. The number of rotatable bonds is 0. The van der Waals surface area contributed by atoms with Gasteiger partial charge >= 0.3 is 75.1 Å². The van der Waals surface area contributed by atoms with E-state index in [0.29, 0.717) is 0 Å². The second-order valence-electron chi connectivity index (χ2n) is 1.04. The van der Waals surface area contributed by atoms with E-state index in [0.717, 1.165) is 0 Å². The molecule has 0 aromatic rings. The monoisotopic (exact) mass is 254 g/mol. The molecule has 0 amide bonds. The molecule has 0 aromatic heterocycles. The van der Waals surface area contributed by atoms with Gasteiger partial charge in [-0.3, -0.25) is 0 Å². The fourth-order valence-corrected chi connectivity index (χ4v) is 0. The average molecular weight is 254 g/mol. The van der Waals surface area contributed by atoms with Crippen LogP contribution in [0, 0.1) is 0 Å². The van der Waals surface area contributed by atoms with E-state index < -0.39 is 16.9 Å². The van der Waals surface area contributed by atoms with Gasteiger partial charge in [-0.15, -0.1) is 9.05 Å². The molecule has 0 atom stereocenters. The molecular formula is H4CaNaO8PSi. The van der Waals surface area contributed by atoms with Gasteiger partial charge in [-0.1, -0.05) is 0 Å². The maximum absolute atomic E-state index is 8.88. The van der Waals surface area contributed by atoms with Crippen LogP contribution in [0.5, 0.6) is 0 Å². The third kappa shape index (κ3) is 276. The Morgan fingerprint density at radius 3 is 1.08 bits per heavy atom. The Balaban J connectivity index is -0.0000000457. The standard InChI is InChI=1S/Ca.Na.H3O4P.HO4Si/c;;2*1-5(2,3)4/h;;(H3,1,2,3,4);1H/q+2;+1;;-3. The summed E-state index contributed by atoms with van der Waals surface area (Å²) in [6.45, 7) is 0. The first kappa shape index (κ1) is 23.9. The first-order chi connectivity index (χ1) is 4.00. The van der Waals surface area contributed by atoms with Crippen LogP contribution in [0.1, 0.15) is 0 Å². The van der Waals surface area contributed by atoms with Crippen molar-refractivity contribution in [3.63, 3.8) is 0 Å². The van der Waals surface area contributed by atoms with Gasteiger partial charge in [-0.25, -0.2) is 4.57 Å². The predicted molar refractivity (Wildman–Crippen MR) is 28.0 cm³/mol. The molecule has 4 N–H and O–H groups in total. The maximum Gasteiger partial charge on any atom is 2.00 e. The van der Waals surface area contributed by atoms with E-state index in [-0.39, 0.29) is 67.3 Å². The van der Waals surface area contributed by atoms with E-state index in [2.05, 4.69) is 0 Å². The molecule has 0 aliphatic rings. The maximum atomic E-state index is 8.88. The number of hydrogen-bond donors (Lipinski definition) is 4. The van der Waals surface area contributed by atoms with E-state index in [9.17, 15) is 0 Å². The largest absolute Gasteiger partial charge is 2.00 e. The van der Waals surface area contributed by atoms with Gasteiger partial charge in [0.25, 0.3) is 0 Å². The Bertz CT molecular complexity index is 111. The van der Waals surface area contributed by atoms with Crippen LogP contribution in [0.25, 0.3) is 0 Å². The predicted octanol–water partition coefficient (Wildman–Crippen LogP) is -8.81. The summed E-state index contributed by atoms with van der Waals surface area (Å²) in [7, 11) is -10.0. The first-order valence-electron chi connectivity index (χ1n) is 1.62. The molecule has 0 rings (SSSR count). The van der Waals surface area contributed by atoms with Crippen LogP contribution in [0.4, 0.5) is 0 Å². The topological polar surface area (TPSA) is 167 Å². The molecule has 12 heavy (non-hydrogen) atoms. The average Bonchev–Trinajstić information content (AvgIpc) is 1.12. The molecule has 0 heterocycles. The molecular weight excluding hydrogens is 250 g/mol. The summed E-state index contributed by atoms with van der Waals surface area (Å²) in [5.41, 5.74) is 0. The molecule has 12 heteroatoms. The van der Waals surface area contributed by atoms with E-state index in [1.165, 1.54) is 0 Å². The summed E-state index contributed by atoms with van der Waals surface area (Å²) in [6.07, 6.45) is 0. The van der Waals surface area contributed by atoms with Gasteiger partial charge < -0.3 is 33.9 Å². The summed E-state index contributed by atoms with van der Waals surface area (Å²) >= 11 is 0. The van der Waals surface area contributed by atoms with Crippen LogP contribution < -0.4 is 43.9 Å². The Morgan fingerprint density at radius 2 is 1.08 bits per heavy atom. The molecule has 0 aliphatic heterocycles. The number of phosphoric acid groups is 1. The van der Waals surface area contributed by atoms with Crippen molar-refractivity contribution in [3.05, 3.63) is 0 Å². The molecule has 0 aromatic carbocycles. The van der Waals surface area contributed by atoms with Gasteiger partial charge in [-0.2, -0.15) is 0 Å². The Hall–Kier alpha value is 2.43. The minimum absolute atomic E-state index is 0. The smallest absolute Gasteiger partial charge is 0.861 e. The van der Waals surface area contributed by atoms with Crippen LogP contribution >= 0.6 is 7.82 Å². The van der Waals surface area contributed by atoms with Gasteiger partial charge in [0, 0.05) is 0 Å². The van der Waals surface area contributed by atoms with E-state index in [4.69, 9.17) is 38.4 Å². The zero-order valence-corrected chi connectivity index (χ0v) is 12.2. The van der Waals surface area contributed by atoms with Crippen molar-refractivity contribution in [2.75, 3.05) is 0 Å². The van der Waals surface area contributed by atoms with E-state index in [1.54, 1.807) is 0 Å². The summed E-state index contributed by atoms with van der Waals surface area (Å²) in [6, 6.07) is 0. The molecule has 0 radical (unpaired) electrons. The van der Waals surface area contributed by atoms with Crippen LogP contribution in [0.15, 0.2) is 0 Å². The summed E-state index contributed by atoms with van der Waals surface area (Å²) in [5, 5.41) is 0. The molecule has 0 aliphatic carbocycles. The van der Waals surface area contributed by atoms with Gasteiger partial charge in [0.15, 0.2) is 0 Å². The molecule has 0 spiro atoms. The Kier molecular flexibility index (Phi) is 19.9. The molecule has 0 fully saturated rings. The second-order valence-corrected chi connectivity index (χ2v) is 3.11. The van der Waals surface area contributed by atoms with Gasteiger partial charge in [-0.05, 0) is 0 Å². The number of hydrogen-bond acceptors (Lipinski definition) is 5. The van der Waals surface area contributed by atoms with Crippen molar-refractivity contribution in [3.8, 4) is 0 Å². The molecule has 0 saturated carbocycles. The molecule has 64 valence electrons. The molecule has 8 nitrogen and oxygen atoms in total. The van der Waals surface area contributed by atoms with Crippen LogP contribution in [-0.4, -0.2) is 66.3 Å². The zero-order chi connectivity index (χ0) is 9.00. The SMILES string of the molecule is O=P(O)(O)O.[Ca+2].[Na+].[O-][Si]([O-])([O-])O. The second kappa shape index (κ2) is 9.96. The van der Waals surface area contributed by atoms with Crippen molar-refractivity contribution < 1.29 is 68.0 Å². The summed E-state index contributed by atoms with van der Waals surface area (Å²) in [4.78, 5) is 54.6.